The number of carbonyl (C=O) groups is 2. The molecule has 140 valence electrons. The van der Waals surface area contributed by atoms with Crippen LogP contribution in [0.25, 0.3) is 0 Å². The van der Waals surface area contributed by atoms with Gasteiger partial charge in [0.05, 0.1) is 11.8 Å². The third-order valence-electron chi connectivity index (χ3n) is 5.70. The van der Waals surface area contributed by atoms with Gasteiger partial charge >= 0.3 is 0 Å². The van der Waals surface area contributed by atoms with Crippen LogP contribution in [0.1, 0.15) is 37.5 Å². The second-order valence-corrected chi connectivity index (χ2v) is 9.32. The van der Waals surface area contributed by atoms with E-state index in [2.05, 4.69) is 15.9 Å². The second kappa shape index (κ2) is 6.01. The molecule has 4 rings (SSSR count). The van der Waals surface area contributed by atoms with Crippen LogP contribution in [0.5, 0.6) is 0 Å². The molecule has 27 heavy (non-hydrogen) atoms. The van der Waals surface area contributed by atoms with Gasteiger partial charge in [-0.3, -0.25) is 14.5 Å². The molecule has 0 bridgehead atoms. The van der Waals surface area contributed by atoms with Gasteiger partial charge in [-0.25, -0.2) is 0 Å². The molecule has 0 unspecified atom stereocenters. The summed E-state index contributed by atoms with van der Waals surface area (Å²) in [5, 5.41) is 12.0. The van der Waals surface area contributed by atoms with Crippen LogP contribution in [0.15, 0.2) is 53.0 Å². The van der Waals surface area contributed by atoms with Gasteiger partial charge in [-0.1, -0.05) is 52.3 Å². The van der Waals surface area contributed by atoms with E-state index in [0.717, 1.165) is 10.0 Å². The molecule has 1 heterocycles. The summed E-state index contributed by atoms with van der Waals surface area (Å²) in [7, 11) is 0. The van der Waals surface area contributed by atoms with Crippen LogP contribution in [-0.4, -0.2) is 27.4 Å². The first-order valence-corrected chi connectivity index (χ1v) is 9.89. The molecule has 2 aliphatic rings. The van der Waals surface area contributed by atoms with E-state index in [-0.39, 0.29) is 11.8 Å². The van der Waals surface area contributed by atoms with E-state index >= 15 is 0 Å². The number of carbonyl (C=O) groups excluding carboxylic acids is 2. The molecule has 3 atom stereocenters. The molecule has 2 aromatic carbocycles. The minimum atomic E-state index is -1.53. The second-order valence-electron chi connectivity index (χ2n) is 8.40. The number of benzene rings is 2. The van der Waals surface area contributed by atoms with E-state index < -0.39 is 23.0 Å². The van der Waals surface area contributed by atoms with Crippen molar-refractivity contribution >= 4 is 27.7 Å². The summed E-state index contributed by atoms with van der Waals surface area (Å²) in [6.07, 6.45) is 0.469. The molecule has 0 radical (unpaired) electrons. The Bertz CT molecular complexity index is 931. The molecule has 2 amide bonds. The smallest absolute Gasteiger partial charge is 0.237 e. The summed E-state index contributed by atoms with van der Waals surface area (Å²) in [5.41, 5.74) is 0.0990. The van der Waals surface area contributed by atoms with Crippen LogP contribution in [0, 0.1) is 11.8 Å². The molecular weight excluding hydrogens is 406 g/mol. The van der Waals surface area contributed by atoms with E-state index in [1.165, 1.54) is 4.90 Å². The highest BCUT2D eigenvalue weighted by Crippen LogP contribution is 2.52. The number of fused-ring (bicyclic) bond motifs is 2. The number of amides is 2. The minimum Gasteiger partial charge on any atom is -0.380 e. The van der Waals surface area contributed by atoms with Gasteiger partial charge < -0.3 is 5.11 Å². The predicted octanol–water partition coefficient (Wildman–Crippen LogP) is 3.64. The van der Waals surface area contributed by atoms with Gasteiger partial charge in [0.15, 0.2) is 0 Å². The van der Waals surface area contributed by atoms with Gasteiger partial charge in [-0.15, -0.1) is 0 Å². The molecule has 1 aliphatic heterocycles. The van der Waals surface area contributed by atoms with Crippen molar-refractivity contribution in [1.82, 2.24) is 4.90 Å². The summed E-state index contributed by atoms with van der Waals surface area (Å²) in [5.74, 6) is -1.86. The van der Waals surface area contributed by atoms with Crippen molar-refractivity contribution in [2.24, 2.45) is 11.8 Å². The van der Waals surface area contributed by atoms with E-state index in [4.69, 9.17) is 0 Å². The Hall–Kier alpha value is -1.98. The van der Waals surface area contributed by atoms with Crippen molar-refractivity contribution in [3.8, 4) is 0 Å². The number of likely N-dealkylation sites (tertiary alicyclic amines) is 1. The van der Waals surface area contributed by atoms with Crippen LogP contribution in [0.2, 0.25) is 0 Å². The summed E-state index contributed by atoms with van der Waals surface area (Å²) in [6, 6.07) is 14.9. The Labute approximate surface area is 167 Å². The largest absolute Gasteiger partial charge is 0.380 e. The lowest BCUT2D eigenvalue weighted by molar-refractivity contribution is -0.147. The zero-order valence-corrected chi connectivity index (χ0v) is 17.2. The standard InChI is InChI=1S/C22H22BrNO3/c1-21(2,3)24-19(25)16-12-13-6-4-5-7-17(13)22(27,18(16)20(24)26)14-8-10-15(23)11-9-14/h4-11,16,18,27H,12H2,1-3H3/t16-,18+,22+/m0/s1. The highest BCUT2D eigenvalue weighted by atomic mass is 79.9. The minimum absolute atomic E-state index is 0.192. The molecular formula is C22H22BrNO3. The van der Waals surface area contributed by atoms with Crippen molar-refractivity contribution in [2.75, 3.05) is 0 Å². The Kier molecular flexibility index (Phi) is 4.09. The summed E-state index contributed by atoms with van der Waals surface area (Å²) >= 11 is 3.42. The lowest BCUT2D eigenvalue weighted by Gasteiger charge is -2.41. The van der Waals surface area contributed by atoms with Crippen LogP contribution in [0.4, 0.5) is 0 Å². The molecule has 0 aromatic heterocycles. The first kappa shape index (κ1) is 18.4. The Balaban J connectivity index is 1.96. The average Bonchev–Trinajstić information content (AvgIpc) is 2.86. The van der Waals surface area contributed by atoms with Gasteiger partial charge in [-0.2, -0.15) is 0 Å². The van der Waals surface area contributed by atoms with E-state index in [1.807, 2.05) is 69.3 Å². The molecule has 0 spiro atoms. The normalized spacial score (nSPS) is 27.5. The lowest BCUT2D eigenvalue weighted by atomic mass is 9.64. The van der Waals surface area contributed by atoms with E-state index in [1.54, 1.807) is 0 Å². The summed E-state index contributed by atoms with van der Waals surface area (Å²) in [6.45, 7) is 5.56. The monoisotopic (exact) mass is 427 g/mol. The average molecular weight is 428 g/mol. The summed E-state index contributed by atoms with van der Waals surface area (Å²) < 4.78 is 0.889. The maximum Gasteiger partial charge on any atom is 0.237 e. The number of aliphatic hydroxyl groups is 1. The molecule has 2 aromatic rings. The van der Waals surface area contributed by atoms with Crippen molar-refractivity contribution in [1.29, 1.82) is 0 Å². The number of nitrogens with zero attached hydrogens (tertiary/aromatic N) is 1. The third kappa shape index (κ3) is 2.59. The maximum absolute atomic E-state index is 13.4. The number of halogens is 1. The first-order valence-electron chi connectivity index (χ1n) is 9.10. The van der Waals surface area contributed by atoms with Crippen LogP contribution >= 0.6 is 15.9 Å². The molecule has 4 nitrogen and oxygen atoms in total. The van der Waals surface area contributed by atoms with Gasteiger partial charge in [0.2, 0.25) is 11.8 Å². The third-order valence-corrected chi connectivity index (χ3v) is 6.23. The zero-order chi connectivity index (χ0) is 19.6. The Morgan fingerprint density at radius 2 is 1.67 bits per heavy atom. The van der Waals surface area contributed by atoms with Gasteiger partial charge in [-0.05, 0) is 56.0 Å². The highest BCUT2D eigenvalue weighted by Gasteiger charge is 2.62. The molecule has 1 saturated heterocycles. The van der Waals surface area contributed by atoms with Gasteiger partial charge in [0, 0.05) is 10.0 Å². The number of rotatable bonds is 1. The van der Waals surface area contributed by atoms with E-state index in [0.29, 0.717) is 17.5 Å². The maximum atomic E-state index is 13.4. The van der Waals surface area contributed by atoms with Gasteiger partial charge in [0.1, 0.15) is 5.60 Å². The predicted molar refractivity (Wildman–Crippen MR) is 106 cm³/mol. The van der Waals surface area contributed by atoms with Crippen LogP contribution in [-0.2, 0) is 21.6 Å². The quantitative estimate of drug-likeness (QED) is 0.706. The zero-order valence-electron chi connectivity index (χ0n) is 15.6. The van der Waals surface area contributed by atoms with Crippen molar-refractivity contribution in [3.63, 3.8) is 0 Å². The molecule has 1 aliphatic carbocycles. The SMILES string of the molecule is CC(C)(C)N1C(=O)[C@H]2Cc3ccccc3[C@](O)(c3ccc(Br)cc3)[C@H]2C1=O. The fraction of sp³-hybridized carbons (Fsp3) is 0.364. The topological polar surface area (TPSA) is 57.6 Å². The van der Waals surface area contributed by atoms with Crippen LogP contribution in [0.3, 0.4) is 0 Å². The van der Waals surface area contributed by atoms with E-state index in [9.17, 15) is 14.7 Å². The van der Waals surface area contributed by atoms with Crippen molar-refractivity contribution in [2.45, 2.75) is 38.3 Å². The van der Waals surface area contributed by atoms with Crippen molar-refractivity contribution in [3.05, 3.63) is 69.7 Å². The fourth-order valence-corrected chi connectivity index (χ4v) is 4.84. The lowest BCUT2D eigenvalue weighted by Crippen LogP contribution is -2.49. The number of hydrogen-bond donors (Lipinski definition) is 1. The molecule has 0 saturated carbocycles. The Morgan fingerprint density at radius 3 is 2.30 bits per heavy atom. The molecule has 1 N–H and O–H groups in total. The van der Waals surface area contributed by atoms with Crippen LogP contribution < -0.4 is 0 Å². The number of hydrogen-bond acceptors (Lipinski definition) is 3. The van der Waals surface area contributed by atoms with Crippen molar-refractivity contribution < 1.29 is 14.7 Å². The number of imide groups is 1. The molecule has 5 heteroatoms. The molecule has 1 fully saturated rings. The fourth-order valence-electron chi connectivity index (χ4n) is 4.58. The highest BCUT2D eigenvalue weighted by molar-refractivity contribution is 9.10. The Morgan fingerprint density at radius 1 is 1.04 bits per heavy atom. The van der Waals surface area contributed by atoms with Gasteiger partial charge in [0.25, 0.3) is 0 Å². The first-order chi connectivity index (χ1) is 12.7. The summed E-state index contributed by atoms with van der Waals surface area (Å²) in [4.78, 5) is 27.9.